The zero-order valence-electron chi connectivity index (χ0n) is 17.5. The molecule has 0 spiro atoms. The number of likely N-dealkylation sites (tertiary alicyclic amines) is 1. The highest BCUT2D eigenvalue weighted by Gasteiger charge is 2.37. The third-order valence-electron chi connectivity index (χ3n) is 6.40. The fourth-order valence-corrected chi connectivity index (χ4v) is 4.94. The van der Waals surface area contributed by atoms with Crippen molar-refractivity contribution < 1.29 is 14.6 Å². The maximum Gasteiger partial charge on any atom is 0.261 e. The number of amides is 1. The number of ether oxygens (including phenoxy) is 1. The number of aromatic nitrogens is 3. The van der Waals surface area contributed by atoms with Crippen LogP contribution in [0.25, 0.3) is 11.4 Å². The molecule has 8 heteroatoms. The first-order valence-electron chi connectivity index (χ1n) is 10.3. The van der Waals surface area contributed by atoms with Gasteiger partial charge in [0, 0.05) is 50.7 Å². The van der Waals surface area contributed by atoms with Gasteiger partial charge in [0.1, 0.15) is 5.82 Å². The highest BCUT2D eigenvalue weighted by Crippen LogP contribution is 2.37. The molecule has 1 amide bonds. The van der Waals surface area contributed by atoms with Crippen LogP contribution in [0.2, 0.25) is 0 Å². The van der Waals surface area contributed by atoms with Gasteiger partial charge in [-0.3, -0.25) is 9.59 Å². The van der Waals surface area contributed by atoms with Crippen molar-refractivity contribution >= 4 is 5.91 Å². The smallest absolute Gasteiger partial charge is 0.261 e. The molecule has 2 atom stereocenters. The lowest BCUT2D eigenvalue weighted by Crippen LogP contribution is -2.49. The molecule has 2 aliphatic heterocycles. The Balaban J connectivity index is 1.46. The van der Waals surface area contributed by atoms with Crippen molar-refractivity contribution in [1.82, 2.24) is 19.0 Å². The average molecular weight is 420 g/mol. The van der Waals surface area contributed by atoms with Crippen molar-refractivity contribution in [3.8, 4) is 22.9 Å². The largest absolute Gasteiger partial charge is 0.504 e. The van der Waals surface area contributed by atoms with E-state index in [2.05, 4.69) is 4.98 Å². The van der Waals surface area contributed by atoms with Crippen molar-refractivity contribution in [2.75, 3.05) is 20.2 Å². The van der Waals surface area contributed by atoms with Crippen LogP contribution in [0.3, 0.4) is 0 Å². The summed E-state index contributed by atoms with van der Waals surface area (Å²) in [6.07, 6.45) is 4.45. The molecule has 5 rings (SSSR count). The van der Waals surface area contributed by atoms with Gasteiger partial charge in [0.15, 0.2) is 11.5 Å². The molecule has 0 aliphatic carbocycles. The molecule has 160 valence electrons. The van der Waals surface area contributed by atoms with Crippen LogP contribution in [0, 0.1) is 5.92 Å². The topological polar surface area (TPSA) is 89.6 Å². The Morgan fingerprint density at radius 1 is 1.19 bits per heavy atom. The summed E-state index contributed by atoms with van der Waals surface area (Å²) in [6, 6.07) is 8.76. The number of piperidine rings is 1. The molecule has 2 bridgehead atoms. The number of rotatable bonds is 3. The van der Waals surface area contributed by atoms with Crippen molar-refractivity contribution in [1.29, 1.82) is 0 Å². The van der Waals surface area contributed by atoms with Gasteiger partial charge >= 0.3 is 0 Å². The standard InChI is InChI=1S/C23H24N4O4/c1-25-9-8-24-21(25)17-6-7-18-15-10-14(12-27(18)23(17)30)11-26(13-15)22(29)16-4-3-5-19(31-2)20(16)28/h3-9,14-15,28H,10-13H2,1-2H3/t14-,15+/m0/s1. The number of fused-ring (bicyclic) bond motifs is 4. The van der Waals surface area contributed by atoms with Crippen LogP contribution < -0.4 is 10.3 Å². The Hall–Kier alpha value is -3.55. The highest BCUT2D eigenvalue weighted by molar-refractivity contribution is 5.97. The molecule has 0 radical (unpaired) electrons. The quantitative estimate of drug-likeness (QED) is 0.702. The number of hydrogen-bond acceptors (Lipinski definition) is 5. The van der Waals surface area contributed by atoms with E-state index < -0.39 is 0 Å². The Morgan fingerprint density at radius 2 is 2.03 bits per heavy atom. The third kappa shape index (κ3) is 3.10. The summed E-state index contributed by atoms with van der Waals surface area (Å²) in [6.45, 7) is 1.62. The number of benzene rings is 1. The Labute approximate surface area is 179 Å². The summed E-state index contributed by atoms with van der Waals surface area (Å²) >= 11 is 0. The molecule has 0 saturated carbocycles. The normalized spacial score (nSPS) is 19.7. The van der Waals surface area contributed by atoms with E-state index in [1.54, 1.807) is 29.3 Å². The van der Waals surface area contributed by atoms with Crippen LogP contribution >= 0.6 is 0 Å². The average Bonchev–Trinajstić information content (AvgIpc) is 3.19. The van der Waals surface area contributed by atoms with E-state index in [1.807, 2.05) is 34.5 Å². The second-order valence-electron chi connectivity index (χ2n) is 8.31. The maximum absolute atomic E-state index is 13.2. The van der Waals surface area contributed by atoms with Crippen molar-refractivity contribution in [2.45, 2.75) is 18.9 Å². The molecule has 0 unspecified atom stereocenters. The predicted molar refractivity (Wildman–Crippen MR) is 114 cm³/mol. The fraction of sp³-hybridized carbons (Fsp3) is 0.348. The second-order valence-corrected chi connectivity index (χ2v) is 8.31. The number of pyridine rings is 1. The zero-order chi connectivity index (χ0) is 21.7. The summed E-state index contributed by atoms with van der Waals surface area (Å²) in [4.78, 5) is 32.5. The molecular formula is C23H24N4O4. The molecule has 3 aromatic rings. The van der Waals surface area contributed by atoms with Crippen LogP contribution in [0.4, 0.5) is 0 Å². The van der Waals surface area contributed by atoms with Crippen molar-refractivity contribution in [2.24, 2.45) is 13.0 Å². The summed E-state index contributed by atoms with van der Waals surface area (Å²) in [5, 5.41) is 10.4. The SMILES string of the molecule is COc1cccc(C(=O)N2C[C@@H]3C[C@H](C2)c2ccc(-c4nccn4C)c(=O)n2C3)c1O. The molecule has 31 heavy (non-hydrogen) atoms. The van der Waals surface area contributed by atoms with Crippen molar-refractivity contribution in [3.05, 3.63) is 64.3 Å². The van der Waals surface area contributed by atoms with Gasteiger partial charge in [0.25, 0.3) is 11.5 Å². The number of imidazole rings is 1. The lowest BCUT2D eigenvalue weighted by molar-refractivity contribution is 0.0591. The maximum atomic E-state index is 13.2. The Kier molecular flexibility index (Phi) is 4.57. The molecule has 1 fully saturated rings. The van der Waals surface area contributed by atoms with Gasteiger partial charge in [-0.25, -0.2) is 4.98 Å². The minimum absolute atomic E-state index is 0.0354. The van der Waals surface area contributed by atoms with Gasteiger partial charge < -0.3 is 23.9 Å². The van der Waals surface area contributed by atoms with Crippen LogP contribution in [-0.4, -0.2) is 50.2 Å². The number of aromatic hydroxyl groups is 1. The van der Waals surface area contributed by atoms with Crippen LogP contribution in [0.1, 0.15) is 28.4 Å². The van der Waals surface area contributed by atoms with Gasteiger partial charge in [-0.2, -0.15) is 0 Å². The zero-order valence-corrected chi connectivity index (χ0v) is 17.5. The van der Waals surface area contributed by atoms with E-state index >= 15 is 0 Å². The number of phenolic OH excluding ortho intramolecular Hbond substituents is 1. The van der Waals surface area contributed by atoms with E-state index in [0.29, 0.717) is 31.0 Å². The predicted octanol–water partition coefficient (Wildman–Crippen LogP) is 2.22. The third-order valence-corrected chi connectivity index (χ3v) is 6.40. The van der Waals surface area contributed by atoms with E-state index in [4.69, 9.17) is 4.74 Å². The molecule has 4 heterocycles. The Morgan fingerprint density at radius 3 is 2.77 bits per heavy atom. The molecule has 8 nitrogen and oxygen atoms in total. The lowest BCUT2D eigenvalue weighted by Gasteiger charge is -2.43. The first-order chi connectivity index (χ1) is 15.0. The first-order valence-corrected chi connectivity index (χ1v) is 10.3. The Bertz CT molecular complexity index is 1230. The molecule has 1 N–H and O–H groups in total. The molecule has 2 aromatic heterocycles. The van der Waals surface area contributed by atoms with E-state index in [0.717, 1.165) is 12.1 Å². The summed E-state index contributed by atoms with van der Waals surface area (Å²) in [7, 11) is 3.33. The number of methoxy groups -OCH3 is 1. The van der Waals surface area contributed by atoms with E-state index in [1.165, 1.54) is 7.11 Å². The number of aryl methyl sites for hydroxylation is 1. The minimum atomic E-state index is -0.216. The van der Waals surface area contributed by atoms with Gasteiger partial charge in [-0.1, -0.05) is 6.07 Å². The van der Waals surface area contributed by atoms with E-state index in [-0.39, 0.29) is 40.4 Å². The van der Waals surface area contributed by atoms with Gasteiger partial charge in [-0.15, -0.1) is 0 Å². The number of hydrogen-bond donors (Lipinski definition) is 1. The van der Waals surface area contributed by atoms with E-state index in [9.17, 15) is 14.7 Å². The van der Waals surface area contributed by atoms with Crippen LogP contribution in [0.5, 0.6) is 11.5 Å². The summed E-state index contributed by atoms with van der Waals surface area (Å²) in [5.74, 6) is 0.835. The van der Waals surface area contributed by atoms with Gasteiger partial charge in [0.05, 0.1) is 18.2 Å². The molecule has 1 saturated heterocycles. The molecular weight excluding hydrogens is 396 g/mol. The van der Waals surface area contributed by atoms with Gasteiger partial charge in [0.2, 0.25) is 0 Å². The van der Waals surface area contributed by atoms with Crippen LogP contribution in [-0.2, 0) is 13.6 Å². The number of carbonyl (C=O) groups excluding carboxylic acids is 1. The molecule has 2 aliphatic rings. The number of phenols is 1. The first kappa shape index (κ1) is 19.4. The molecule has 1 aromatic carbocycles. The second kappa shape index (κ2) is 7.30. The van der Waals surface area contributed by atoms with Gasteiger partial charge in [-0.05, 0) is 36.6 Å². The summed E-state index contributed by atoms with van der Waals surface area (Å²) in [5.41, 5.74) is 1.74. The minimum Gasteiger partial charge on any atom is -0.504 e. The monoisotopic (exact) mass is 420 g/mol. The number of nitrogens with zero attached hydrogens (tertiary/aromatic N) is 4. The number of carbonyl (C=O) groups is 1. The summed E-state index contributed by atoms with van der Waals surface area (Å²) < 4.78 is 8.84. The number of para-hydroxylation sites is 1. The van der Waals surface area contributed by atoms with Crippen molar-refractivity contribution in [3.63, 3.8) is 0 Å². The highest BCUT2D eigenvalue weighted by atomic mass is 16.5. The lowest BCUT2D eigenvalue weighted by atomic mass is 9.82. The fourth-order valence-electron chi connectivity index (χ4n) is 4.94. The van der Waals surface area contributed by atoms with Crippen LogP contribution in [0.15, 0.2) is 47.5 Å².